The molecule has 0 fully saturated rings. The van der Waals surface area contributed by atoms with Crippen LogP contribution >= 0.6 is 0 Å². The van der Waals surface area contributed by atoms with Crippen LogP contribution < -0.4 is 0 Å². The number of carboxylic acid groups (broad SMARTS) is 1. The summed E-state index contributed by atoms with van der Waals surface area (Å²) in [6, 6.07) is 0. The Kier molecular flexibility index (Phi) is 6.99. The molecular weight excluding hydrogens is 228 g/mol. The van der Waals surface area contributed by atoms with Crippen molar-refractivity contribution in [3.8, 4) is 0 Å². The van der Waals surface area contributed by atoms with E-state index in [1.54, 1.807) is 0 Å². The van der Waals surface area contributed by atoms with Gasteiger partial charge in [0.05, 0.1) is 5.56 Å². The van der Waals surface area contributed by atoms with E-state index >= 15 is 0 Å². The fraction of sp³-hybridized carbons (Fsp3) is 0.643. The van der Waals surface area contributed by atoms with Crippen molar-refractivity contribution in [2.24, 2.45) is 0 Å². The molecule has 0 radical (unpaired) electrons. The first-order valence-electron chi connectivity index (χ1n) is 6.78. The fourth-order valence-electron chi connectivity index (χ4n) is 1.83. The van der Waals surface area contributed by atoms with E-state index in [0.717, 1.165) is 18.7 Å². The van der Waals surface area contributed by atoms with Gasteiger partial charge in [0, 0.05) is 18.8 Å². The monoisotopic (exact) mass is 250 g/mol. The molecule has 18 heavy (non-hydrogen) atoms. The summed E-state index contributed by atoms with van der Waals surface area (Å²) >= 11 is 0. The predicted octanol–water partition coefficient (Wildman–Crippen LogP) is 3.47. The highest BCUT2D eigenvalue weighted by molar-refractivity contribution is 5.86. The maximum absolute atomic E-state index is 10.6. The first-order chi connectivity index (χ1) is 8.74. The molecule has 1 aromatic heterocycles. The van der Waals surface area contributed by atoms with E-state index in [1.807, 2.05) is 0 Å². The predicted molar refractivity (Wildman–Crippen MR) is 70.7 cm³/mol. The van der Waals surface area contributed by atoms with Crippen molar-refractivity contribution in [1.29, 1.82) is 0 Å². The molecule has 4 heteroatoms. The van der Waals surface area contributed by atoms with Gasteiger partial charge in [-0.1, -0.05) is 45.4 Å². The van der Waals surface area contributed by atoms with Crippen molar-refractivity contribution < 1.29 is 9.90 Å². The molecule has 0 aliphatic rings. The highest BCUT2D eigenvalue weighted by Crippen LogP contribution is 2.08. The molecule has 0 aliphatic heterocycles. The number of carbonyl (C=O) groups is 1. The average Bonchev–Trinajstić information content (AvgIpc) is 2.38. The normalized spacial score (nSPS) is 10.5. The number of carboxylic acids is 1. The van der Waals surface area contributed by atoms with Gasteiger partial charge >= 0.3 is 5.97 Å². The van der Waals surface area contributed by atoms with Gasteiger partial charge in [0.2, 0.25) is 0 Å². The molecule has 0 bridgehead atoms. The maximum Gasteiger partial charge on any atom is 0.338 e. The second-order valence-electron chi connectivity index (χ2n) is 4.56. The number of aromatic carboxylic acids is 1. The second-order valence-corrected chi connectivity index (χ2v) is 4.56. The molecule has 0 spiro atoms. The Balaban J connectivity index is 2.14. The average molecular weight is 250 g/mol. The lowest BCUT2D eigenvalue weighted by Crippen LogP contribution is -2.01. The van der Waals surface area contributed by atoms with Crippen LogP contribution in [0.2, 0.25) is 0 Å². The molecule has 4 nitrogen and oxygen atoms in total. The first kappa shape index (κ1) is 14.6. The van der Waals surface area contributed by atoms with Crippen LogP contribution in [0.4, 0.5) is 0 Å². The summed E-state index contributed by atoms with van der Waals surface area (Å²) in [6.45, 7) is 2.22. The number of hydrogen-bond donors (Lipinski definition) is 1. The van der Waals surface area contributed by atoms with E-state index in [1.165, 1.54) is 50.9 Å². The zero-order chi connectivity index (χ0) is 13.2. The molecule has 100 valence electrons. The molecular formula is C14H22N2O2. The van der Waals surface area contributed by atoms with E-state index in [4.69, 9.17) is 5.11 Å². The van der Waals surface area contributed by atoms with Crippen molar-refractivity contribution in [3.63, 3.8) is 0 Å². The zero-order valence-electron chi connectivity index (χ0n) is 11.1. The zero-order valence-corrected chi connectivity index (χ0v) is 11.1. The van der Waals surface area contributed by atoms with Crippen LogP contribution in [0, 0.1) is 0 Å². The molecule has 0 aliphatic carbocycles. The maximum atomic E-state index is 10.6. The number of hydrogen-bond acceptors (Lipinski definition) is 3. The molecule has 1 rings (SSSR count). The van der Waals surface area contributed by atoms with Gasteiger partial charge in [-0.15, -0.1) is 0 Å². The van der Waals surface area contributed by atoms with Crippen LogP contribution in [0.5, 0.6) is 0 Å². The van der Waals surface area contributed by atoms with Gasteiger partial charge in [0.15, 0.2) is 0 Å². The summed E-state index contributed by atoms with van der Waals surface area (Å²) in [5, 5.41) is 8.71. The Bertz CT molecular complexity index is 349. The smallest absolute Gasteiger partial charge is 0.338 e. The van der Waals surface area contributed by atoms with Crippen molar-refractivity contribution in [2.45, 2.75) is 58.3 Å². The van der Waals surface area contributed by atoms with Gasteiger partial charge in [0.25, 0.3) is 0 Å². The molecule has 1 aromatic rings. The number of aryl methyl sites for hydroxylation is 1. The van der Waals surface area contributed by atoms with Gasteiger partial charge < -0.3 is 5.11 Å². The van der Waals surface area contributed by atoms with E-state index in [9.17, 15) is 4.79 Å². The van der Waals surface area contributed by atoms with Crippen molar-refractivity contribution in [1.82, 2.24) is 9.97 Å². The second kappa shape index (κ2) is 8.61. The van der Waals surface area contributed by atoms with Crippen LogP contribution in [-0.2, 0) is 6.42 Å². The Morgan fingerprint density at radius 3 is 2.17 bits per heavy atom. The molecule has 0 aromatic carbocycles. The van der Waals surface area contributed by atoms with Crippen molar-refractivity contribution in [2.75, 3.05) is 0 Å². The minimum absolute atomic E-state index is 0.151. The van der Waals surface area contributed by atoms with Gasteiger partial charge in [-0.25, -0.2) is 14.8 Å². The van der Waals surface area contributed by atoms with Crippen LogP contribution in [0.3, 0.4) is 0 Å². The van der Waals surface area contributed by atoms with E-state index in [2.05, 4.69) is 16.9 Å². The van der Waals surface area contributed by atoms with Gasteiger partial charge in [0.1, 0.15) is 5.82 Å². The summed E-state index contributed by atoms with van der Waals surface area (Å²) in [5.74, 6) is -0.231. The summed E-state index contributed by atoms with van der Waals surface area (Å²) in [6.07, 6.45) is 12.4. The van der Waals surface area contributed by atoms with Crippen molar-refractivity contribution in [3.05, 3.63) is 23.8 Å². The summed E-state index contributed by atoms with van der Waals surface area (Å²) in [7, 11) is 0. The third kappa shape index (κ3) is 5.75. The minimum Gasteiger partial charge on any atom is -0.478 e. The van der Waals surface area contributed by atoms with E-state index < -0.39 is 5.97 Å². The largest absolute Gasteiger partial charge is 0.478 e. The SMILES string of the molecule is CCCCCCCCCc1ncc(C(=O)O)cn1. The van der Waals surface area contributed by atoms with Gasteiger partial charge in [-0.3, -0.25) is 0 Å². The molecule has 0 amide bonds. The Hall–Kier alpha value is -1.45. The molecule has 0 saturated carbocycles. The highest BCUT2D eigenvalue weighted by Gasteiger charge is 2.03. The highest BCUT2D eigenvalue weighted by atomic mass is 16.4. The third-order valence-corrected chi connectivity index (χ3v) is 2.96. The Morgan fingerprint density at radius 1 is 1.06 bits per heavy atom. The van der Waals surface area contributed by atoms with Gasteiger partial charge in [-0.05, 0) is 6.42 Å². The van der Waals surface area contributed by atoms with Crippen LogP contribution in [0.1, 0.15) is 68.1 Å². The van der Waals surface area contributed by atoms with E-state index in [0.29, 0.717) is 0 Å². The van der Waals surface area contributed by atoms with E-state index in [-0.39, 0.29) is 5.56 Å². The molecule has 0 saturated heterocycles. The molecule has 0 atom stereocenters. The lowest BCUT2D eigenvalue weighted by atomic mass is 10.1. The fourth-order valence-corrected chi connectivity index (χ4v) is 1.83. The quantitative estimate of drug-likeness (QED) is 0.682. The summed E-state index contributed by atoms with van der Waals surface area (Å²) in [5.41, 5.74) is 0.151. The number of unbranched alkanes of at least 4 members (excludes halogenated alkanes) is 6. The van der Waals surface area contributed by atoms with Crippen molar-refractivity contribution >= 4 is 5.97 Å². The lowest BCUT2D eigenvalue weighted by molar-refractivity contribution is 0.0696. The Morgan fingerprint density at radius 2 is 1.61 bits per heavy atom. The number of aromatic nitrogens is 2. The van der Waals surface area contributed by atoms with Gasteiger partial charge in [-0.2, -0.15) is 0 Å². The van der Waals surface area contributed by atoms with Crippen LogP contribution in [-0.4, -0.2) is 21.0 Å². The number of rotatable bonds is 9. The standard InChI is InChI=1S/C14H22N2O2/c1-2-3-4-5-6-7-8-9-13-15-10-12(11-16-13)14(17)18/h10-11H,2-9H2,1H3,(H,17,18). The third-order valence-electron chi connectivity index (χ3n) is 2.96. The van der Waals surface area contributed by atoms with Crippen LogP contribution in [0.15, 0.2) is 12.4 Å². The minimum atomic E-state index is -0.975. The molecule has 0 unspecified atom stereocenters. The lowest BCUT2D eigenvalue weighted by Gasteiger charge is -2.01. The van der Waals surface area contributed by atoms with Crippen LogP contribution in [0.25, 0.3) is 0 Å². The summed E-state index contributed by atoms with van der Waals surface area (Å²) < 4.78 is 0. The molecule has 1 N–H and O–H groups in total. The summed E-state index contributed by atoms with van der Waals surface area (Å²) in [4.78, 5) is 18.7. The molecule has 1 heterocycles. The first-order valence-corrected chi connectivity index (χ1v) is 6.78. The number of nitrogens with zero attached hydrogens (tertiary/aromatic N) is 2. The Labute approximate surface area is 108 Å². The topological polar surface area (TPSA) is 63.1 Å².